The Hall–Kier alpha value is -1.74. The number of hydrogen-bond donors (Lipinski definition) is 1. The molecule has 1 aliphatic rings. The second-order valence-electron chi connectivity index (χ2n) is 3.98. The molecule has 0 aromatic heterocycles. The van der Waals surface area contributed by atoms with Gasteiger partial charge in [0, 0.05) is 11.6 Å². The summed E-state index contributed by atoms with van der Waals surface area (Å²) >= 11 is 5.69. The number of halogens is 5. The van der Waals surface area contributed by atoms with Crippen LogP contribution < -0.4 is 9.47 Å². The molecule has 1 unspecified atom stereocenters. The zero-order valence-corrected chi connectivity index (χ0v) is 11.0. The van der Waals surface area contributed by atoms with E-state index in [2.05, 4.69) is 14.2 Å². The predicted octanol–water partition coefficient (Wildman–Crippen LogP) is 2.50. The van der Waals surface area contributed by atoms with Crippen LogP contribution in [0.5, 0.6) is 11.5 Å². The Labute approximate surface area is 120 Å². The summed E-state index contributed by atoms with van der Waals surface area (Å²) in [7, 11) is 0.978. The van der Waals surface area contributed by atoms with Gasteiger partial charge in [-0.1, -0.05) is 11.6 Å². The first kappa shape index (κ1) is 15.6. The number of ether oxygens (including phenoxy) is 3. The maximum Gasteiger partial charge on any atom is 0.507 e. The van der Waals surface area contributed by atoms with Crippen LogP contribution in [0.3, 0.4) is 0 Å². The average molecular weight is 331 g/mol. The van der Waals surface area contributed by atoms with Crippen molar-refractivity contribution in [3.8, 4) is 11.5 Å². The van der Waals surface area contributed by atoms with Crippen LogP contribution in [0.15, 0.2) is 12.1 Å². The Morgan fingerprint density at radius 2 is 1.71 bits per heavy atom. The maximum absolute atomic E-state index is 13.0. The van der Waals surface area contributed by atoms with Gasteiger partial charge in [0.25, 0.3) is 0 Å². The molecule has 1 aliphatic heterocycles. The van der Waals surface area contributed by atoms with E-state index in [1.165, 1.54) is 0 Å². The molecule has 21 heavy (non-hydrogen) atoms. The van der Waals surface area contributed by atoms with E-state index in [0.717, 1.165) is 13.2 Å². The topological polar surface area (TPSA) is 65.0 Å². The summed E-state index contributed by atoms with van der Waals surface area (Å²) < 4.78 is 64.0. The van der Waals surface area contributed by atoms with Crippen molar-refractivity contribution >= 4 is 17.6 Å². The minimum absolute atomic E-state index is 0.355. The van der Waals surface area contributed by atoms with Crippen molar-refractivity contribution in [1.29, 1.82) is 0 Å². The minimum Gasteiger partial charge on any atom is -0.467 e. The molecule has 1 aromatic rings. The molecule has 2 rings (SSSR count). The number of carbonyl (C=O) groups excluding carboxylic acids is 1. The Kier molecular flexibility index (Phi) is 3.66. The van der Waals surface area contributed by atoms with Gasteiger partial charge in [-0.2, -0.15) is 17.6 Å². The van der Waals surface area contributed by atoms with Gasteiger partial charge in [0.15, 0.2) is 17.6 Å². The first-order chi connectivity index (χ1) is 9.59. The summed E-state index contributed by atoms with van der Waals surface area (Å²) in [5.41, 5.74) is -0.355. The van der Waals surface area contributed by atoms with Gasteiger partial charge < -0.3 is 19.3 Å². The quantitative estimate of drug-likeness (QED) is 0.667. The van der Waals surface area contributed by atoms with E-state index in [9.17, 15) is 27.5 Å². The van der Waals surface area contributed by atoms with Gasteiger partial charge >= 0.3 is 18.2 Å². The van der Waals surface area contributed by atoms with Crippen LogP contribution in [0.1, 0.15) is 11.7 Å². The van der Waals surface area contributed by atoms with E-state index < -0.39 is 35.8 Å². The lowest BCUT2D eigenvalue weighted by Gasteiger charge is -2.32. The molecule has 0 amide bonds. The second kappa shape index (κ2) is 4.92. The molecule has 0 spiro atoms. The fourth-order valence-electron chi connectivity index (χ4n) is 1.55. The number of methoxy groups -OCH3 is 1. The summed E-state index contributed by atoms with van der Waals surface area (Å²) in [6, 6.07) is 1.42. The second-order valence-corrected chi connectivity index (χ2v) is 4.39. The van der Waals surface area contributed by atoms with Crippen molar-refractivity contribution in [2.24, 2.45) is 0 Å². The van der Waals surface area contributed by atoms with Gasteiger partial charge in [-0.15, -0.1) is 0 Å². The van der Waals surface area contributed by atoms with E-state index >= 15 is 0 Å². The number of fused-ring (bicyclic) bond motifs is 1. The molecule has 0 bridgehead atoms. The first-order valence-electron chi connectivity index (χ1n) is 5.32. The summed E-state index contributed by atoms with van der Waals surface area (Å²) in [5, 5.41) is 9.25. The largest absolute Gasteiger partial charge is 0.507 e. The fraction of sp³-hybridized carbons (Fsp3) is 0.364. The van der Waals surface area contributed by atoms with Crippen LogP contribution >= 0.6 is 11.6 Å². The van der Waals surface area contributed by atoms with Crippen molar-refractivity contribution < 1.29 is 41.7 Å². The first-order valence-corrected chi connectivity index (χ1v) is 5.70. The fourth-order valence-corrected chi connectivity index (χ4v) is 1.81. The molecule has 0 fully saturated rings. The number of carbonyl (C=O) groups is 1. The molecular weight excluding hydrogens is 324 g/mol. The normalized spacial score (nSPS) is 19.8. The van der Waals surface area contributed by atoms with Gasteiger partial charge in [0.1, 0.15) is 0 Å². The molecular formula is C11H7ClF4O5. The number of aliphatic hydroxyl groups excluding tert-OH is 1. The summed E-state index contributed by atoms with van der Waals surface area (Å²) in [6.45, 7) is 0. The summed E-state index contributed by atoms with van der Waals surface area (Å²) in [5.74, 6) is -2.67. The van der Waals surface area contributed by atoms with Crippen molar-refractivity contribution in [2.45, 2.75) is 18.3 Å². The van der Waals surface area contributed by atoms with Crippen LogP contribution in [-0.4, -0.2) is 30.4 Å². The van der Waals surface area contributed by atoms with Crippen LogP contribution in [0.2, 0.25) is 5.02 Å². The predicted molar refractivity (Wildman–Crippen MR) is 59.6 cm³/mol. The highest BCUT2D eigenvalue weighted by Crippen LogP contribution is 2.49. The zero-order valence-electron chi connectivity index (χ0n) is 10.2. The smallest absolute Gasteiger partial charge is 0.467 e. The van der Waals surface area contributed by atoms with Gasteiger partial charge in [-0.05, 0) is 6.07 Å². The number of esters is 1. The number of rotatable bonds is 2. The lowest BCUT2D eigenvalue weighted by Crippen LogP contribution is -2.52. The van der Waals surface area contributed by atoms with Gasteiger partial charge in [0.05, 0.1) is 12.1 Å². The van der Waals surface area contributed by atoms with E-state index in [4.69, 9.17) is 11.6 Å². The van der Waals surface area contributed by atoms with E-state index in [1.54, 1.807) is 0 Å². The van der Waals surface area contributed by atoms with Crippen molar-refractivity contribution in [3.63, 3.8) is 0 Å². The zero-order chi connectivity index (χ0) is 16.0. The molecule has 10 heteroatoms. The molecule has 1 N–H and O–H groups in total. The number of hydrogen-bond acceptors (Lipinski definition) is 5. The van der Waals surface area contributed by atoms with Crippen molar-refractivity contribution in [2.75, 3.05) is 7.11 Å². The van der Waals surface area contributed by atoms with Crippen LogP contribution in [0, 0.1) is 0 Å². The molecule has 1 aromatic carbocycles. The summed E-state index contributed by atoms with van der Waals surface area (Å²) in [6.07, 6.45) is -11.7. The van der Waals surface area contributed by atoms with Crippen LogP contribution in [-0.2, 0) is 9.53 Å². The number of alkyl halides is 4. The highest BCUT2D eigenvalue weighted by molar-refractivity contribution is 6.31. The molecule has 0 aliphatic carbocycles. The third kappa shape index (κ3) is 2.58. The van der Waals surface area contributed by atoms with Gasteiger partial charge in [-0.3, -0.25) is 0 Å². The van der Waals surface area contributed by atoms with Crippen LogP contribution in [0.4, 0.5) is 17.6 Å². The highest BCUT2D eigenvalue weighted by Gasteiger charge is 2.66. The lowest BCUT2D eigenvalue weighted by atomic mass is 10.1. The Morgan fingerprint density at radius 1 is 1.24 bits per heavy atom. The molecule has 0 radical (unpaired) electrons. The average Bonchev–Trinajstić information content (AvgIpc) is 2.38. The Bertz CT molecular complexity index is 592. The lowest BCUT2D eigenvalue weighted by molar-refractivity contribution is -0.391. The maximum atomic E-state index is 13.0. The van der Waals surface area contributed by atoms with Gasteiger partial charge in [-0.25, -0.2) is 4.79 Å². The van der Waals surface area contributed by atoms with E-state index in [-0.39, 0.29) is 10.6 Å². The van der Waals surface area contributed by atoms with Crippen LogP contribution in [0.25, 0.3) is 0 Å². The summed E-state index contributed by atoms with van der Waals surface area (Å²) in [4.78, 5) is 11.2. The molecule has 5 nitrogen and oxygen atoms in total. The van der Waals surface area contributed by atoms with E-state index in [1.807, 2.05) is 0 Å². The Morgan fingerprint density at radius 3 is 2.19 bits per heavy atom. The third-order valence-electron chi connectivity index (χ3n) is 2.60. The standard InChI is InChI=1S/C11H7ClF4O5/c1-19-9(18)8(17)4-2-6-7(3-5(4)12)21-11(15,16)10(13,14)20-6/h2-3,8,17H,1H3. The van der Waals surface area contributed by atoms with E-state index in [0.29, 0.717) is 6.07 Å². The third-order valence-corrected chi connectivity index (χ3v) is 2.92. The minimum atomic E-state index is -4.92. The SMILES string of the molecule is COC(=O)C(O)c1cc2c(cc1Cl)OC(F)(F)C(F)(F)O2. The molecule has 1 heterocycles. The monoisotopic (exact) mass is 330 g/mol. The van der Waals surface area contributed by atoms with Crippen molar-refractivity contribution in [1.82, 2.24) is 0 Å². The number of aliphatic hydroxyl groups is 1. The Balaban J connectivity index is 2.47. The molecule has 0 saturated heterocycles. The number of benzene rings is 1. The van der Waals surface area contributed by atoms with Gasteiger partial charge in [0.2, 0.25) is 0 Å². The molecule has 116 valence electrons. The highest BCUT2D eigenvalue weighted by atomic mass is 35.5. The van der Waals surface area contributed by atoms with Crippen molar-refractivity contribution in [3.05, 3.63) is 22.7 Å². The molecule has 0 saturated carbocycles. The molecule has 1 atom stereocenters.